The molecule has 1 aliphatic carbocycles. The maximum atomic E-state index is 13.0. The Labute approximate surface area is 96.7 Å². The maximum Gasteiger partial charge on any atom is 0.101 e. The van der Waals surface area contributed by atoms with E-state index in [0.29, 0.717) is 6.42 Å². The molecule has 1 aromatic rings. The zero-order chi connectivity index (χ0) is 9.97. The molecule has 2 rings (SSSR count). The van der Waals surface area contributed by atoms with Crippen LogP contribution in [0, 0.1) is 3.57 Å². The van der Waals surface area contributed by atoms with E-state index < -0.39 is 0 Å². The normalized spacial score (nSPS) is 20.7. The van der Waals surface area contributed by atoms with Gasteiger partial charge in [-0.25, -0.2) is 4.39 Å². The molecule has 0 aliphatic heterocycles. The highest BCUT2D eigenvalue weighted by molar-refractivity contribution is 14.1. The summed E-state index contributed by atoms with van der Waals surface area (Å²) in [6, 6.07) is 8.24. The number of halogens is 2. The van der Waals surface area contributed by atoms with Gasteiger partial charge >= 0.3 is 0 Å². The van der Waals surface area contributed by atoms with Gasteiger partial charge in [-0.3, -0.25) is 0 Å². The number of rotatable bonds is 1. The van der Waals surface area contributed by atoms with Crippen molar-refractivity contribution >= 4 is 22.6 Å². The molecule has 0 bridgehead atoms. The van der Waals surface area contributed by atoms with Crippen LogP contribution in [-0.2, 0) is 0 Å². The van der Waals surface area contributed by atoms with Gasteiger partial charge in [0, 0.05) is 15.9 Å². The summed E-state index contributed by atoms with van der Waals surface area (Å²) in [6.07, 6.45) is 5.87. The first-order chi connectivity index (χ1) is 6.75. The highest BCUT2D eigenvalue weighted by Gasteiger charge is 2.12. The fourth-order valence-electron chi connectivity index (χ4n) is 1.58. The van der Waals surface area contributed by atoms with Gasteiger partial charge in [-0.1, -0.05) is 24.3 Å². The Morgan fingerprint density at radius 1 is 1.21 bits per heavy atom. The summed E-state index contributed by atoms with van der Waals surface area (Å²) in [5.74, 6) is 0.174. The molecule has 0 N–H and O–H groups in total. The van der Waals surface area contributed by atoms with Crippen molar-refractivity contribution in [3.63, 3.8) is 0 Å². The molecule has 0 saturated heterocycles. The molecule has 14 heavy (non-hydrogen) atoms. The second-order valence-electron chi connectivity index (χ2n) is 3.36. The van der Waals surface area contributed by atoms with Crippen molar-refractivity contribution in [2.24, 2.45) is 0 Å². The largest absolute Gasteiger partial charge is 0.212 e. The van der Waals surface area contributed by atoms with Crippen molar-refractivity contribution in [1.82, 2.24) is 0 Å². The Bertz CT molecular complexity index is 376. The van der Waals surface area contributed by atoms with E-state index in [2.05, 4.69) is 46.9 Å². The number of allylic oxidation sites excluding steroid dienone is 4. The predicted molar refractivity (Wildman–Crippen MR) is 64.8 cm³/mol. The first kappa shape index (κ1) is 9.90. The van der Waals surface area contributed by atoms with Gasteiger partial charge in [-0.15, -0.1) is 0 Å². The lowest BCUT2D eigenvalue weighted by molar-refractivity contribution is 0.565. The SMILES string of the molecule is FC1=CC=CC(c2ccc(I)cc2)C1. The minimum absolute atomic E-state index is 0.0314. The van der Waals surface area contributed by atoms with E-state index in [4.69, 9.17) is 0 Å². The summed E-state index contributed by atoms with van der Waals surface area (Å²) in [6.45, 7) is 0. The van der Waals surface area contributed by atoms with Gasteiger partial charge < -0.3 is 0 Å². The van der Waals surface area contributed by atoms with Crippen molar-refractivity contribution in [3.05, 3.63) is 57.5 Å². The molecule has 1 aliphatic rings. The van der Waals surface area contributed by atoms with Gasteiger partial charge in [-0.05, 0) is 46.4 Å². The number of hydrogen-bond donors (Lipinski definition) is 0. The van der Waals surface area contributed by atoms with Crippen molar-refractivity contribution in [2.75, 3.05) is 0 Å². The molecule has 0 saturated carbocycles. The average molecular weight is 300 g/mol. The van der Waals surface area contributed by atoms with Crippen molar-refractivity contribution < 1.29 is 4.39 Å². The van der Waals surface area contributed by atoms with Gasteiger partial charge in [0.2, 0.25) is 0 Å². The topological polar surface area (TPSA) is 0 Å². The van der Waals surface area contributed by atoms with E-state index in [1.54, 1.807) is 6.08 Å². The van der Waals surface area contributed by atoms with E-state index in [-0.39, 0.29) is 11.7 Å². The Morgan fingerprint density at radius 3 is 2.57 bits per heavy atom. The smallest absolute Gasteiger partial charge is 0.101 e. The molecule has 0 nitrogen and oxygen atoms in total. The Hall–Kier alpha value is -0.640. The van der Waals surface area contributed by atoms with Crippen LogP contribution in [0.2, 0.25) is 0 Å². The van der Waals surface area contributed by atoms with Crippen LogP contribution < -0.4 is 0 Å². The zero-order valence-corrected chi connectivity index (χ0v) is 9.74. The van der Waals surface area contributed by atoms with E-state index in [1.807, 2.05) is 6.08 Å². The quantitative estimate of drug-likeness (QED) is 0.682. The molecule has 1 unspecified atom stereocenters. The maximum absolute atomic E-state index is 13.0. The predicted octanol–water partition coefficient (Wildman–Crippen LogP) is 4.19. The third-order valence-electron chi connectivity index (χ3n) is 2.33. The Morgan fingerprint density at radius 2 is 1.93 bits per heavy atom. The van der Waals surface area contributed by atoms with Crippen LogP contribution in [0.15, 0.2) is 48.3 Å². The van der Waals surface area contributed by atoms with Crippen LogP contribution in [0.5, 0.6) is 0 Å². The minimum Gasteiger partial charge on any atom is -0.212 e. The van der Waals surface area contributed by atoms with Crippen LogP contribution >= 0.6 is 22.6 Å². The summed E-state index contributed by atoms with van der Waals surface area (Å²) in [5, 5.41) is 0. The van der Waals surface area contributed by atoms with Crippen molar-refractivity contribution in [2.45, 2.75) is 12.3 Å². The second kappa shape index (κ2) is 4.26. The molecule has 0 heterocycles. The average Bonchev–Trinajstić information content (AvgIpc) is 2.19. The molecule has 0 spiro atoms. The van der Waals surface area contributed by atoms with Crippen molar-refractivity contribution in [1.29, 1.82) is 0 Å². The summed E-state index contributed by atoms with van der Waals surface area (Å²) in [5.41, 5.74) is 1.19. The first-order valence-corrected chi connectivity index (χ1v) is 5.62. The molecule has 1 aromatic carbocycles. The number of benzene rings is 1. The molecule has 72 valence electrons. The van der Waals surface area contributed by atoms with E-state index in [9.17, 15) is 4.39 Å². The summed E-state index contributed by atoms with van der Waals surface area (Å²) in [7, 11) is 0. The molecule has 2 heteroatoms. The Balaban J connectivity index is 2.21. The Kier molecular flexibility index (Phi) is 3.01. The van der Waals surface area contributed by atoms with E-state index in [1.165, 1.54) is 15.2 Å². The monoisotopic (exact) mass is 300 g/mol. The zero-order valence-electron chi connectivity index (χ0n) is 7.58. The van der Waals surface area contributed by atoms with E-state index in [0.717, 1.165) is 0 Å². The molecule has 0 amide bonds. The molecular weight excluding hydrogens is 290 g/mol. The fourth-order valence-corrected chi connectivity index (χ4v) is 1.94. The van der Waals surface area contributed by atoms with E-state index >= 15 is 0 Å². The minimum atomic E-state index is -0.0314. The van der Waals surface area contributed by atoms with Crippen LogP contribution in [0.4, 0.5) is 4.39 Å². The van der Waals surface area contributed by atoms with Gasteiger partial charge in [0.25, 0.3) is 0 Å². The lowest BCUT2D eigenvalue weighted by Gasteiger charge is -2.14. The van der Waals surface area contributed by atoms with Gasteiger partial charge in [0.1, 0.15) is 5.83 Å². The summed E-state index contributed by atoms with van der Waals surface area (Å²) >= 11 is 2.27. The third-order valence-corrected chi connectivity index (χ3v) is 3.05. The summed E-state index contributed by atoms with van der Waals surface area (Å²) in [4.78, 5) is 0. The third kappa shape index (κ3) is 2.23. The fraction of sp³-hybridized carbons (Fsp3) is 0.167. The van der Waals surface area contributed by atoms with Crippen LogP contribution in [0.3, 0.4) is 0 Å². The molecule has 0 radical (unpaired) electrons. The second-order valence-corrected chi connectivity index (χ2v) is 4.61. The molecule has 1 atom stereocenters. The lowest BCUT2D eigenvalue weighted by Crippen LogP contribution is -1.98. The highest BCUT2D eigenvalue weighted by atomic mass is 127. The molecule has 0 aromatic heterocycles. The lowest BCUT2D eigenvalue weighted by atomic mass is 9.92. The molecular formula is C12H10FI. The van der Waals surface area contributed by atoms with Crippen LogP contribution in [0.25, 0.3) is 0 Å². The van der Waals surface area contributed by atoms with Crippen LogP contribution in [-0.4, -0.2) is 0 Å². The number of hydrogen-bond acceptors (Lipinski definition) is 0. The standard InChI is InChI=1S/C12H10FI/c13-11-3-1-2-10(8-11)9-4-6-12(14)7-5-9/h1-7,10H,8H2. The van der Waals surface area contributed by atoms with Gasteiger partial charge in [0.15, 0.2) is 0 Å². The van der Waals surface area contributed by atoms with Gasteiger partial charge in [-0.2, -0.15) is 0 Å². The van der Waals surface area contributed by atoms with Gasteiger partial charge in [0.05, 0.1) is 0 Å². The van der Waals surface area contributed by atoms with Crippen molar-refractivity contribution in [3.8, 4) is 0 Å². The molecule has 0 fully saturated rings. The highest BCUT2D eigenvalue weighted by Crippen LogP contribution is 2.29. The van der Waals surface area contributed by atoms with Crippen LogP contribution in [0.1, 0.15) is 17.9 Å². The summed E-state index contributed by atoms with van der Waals surface area (Å²) < 4.78 is 14.2. The first-order valence-electron chi connectivity index (χ1n) is 4.54.